The van der Waals surface area contributed by atoms with Gasteiger partial charge in [-0.05, 0) is 30.9 Å². The number of hydrogen-bond donors (Lipinski definition) is 2. The van der Waals surface area contributed by atoms with Crippen molar-refractivity contribution < 1.29 is 18.3 Å². The Kier molecular flexibility index (Phi) is 6.31. The Morgan fingerprint density at radius 3 is 2.37 bits per heavy atom. The van der Waals surface area contributed by atoms with E-state index < -0.39 is 12.2 Å². The largest absolute Gasteiger partial charge is 0.407 e. The van der Waals surface area contributed by atoms with Gasteiger partial charge in [0.2, 0.25) is 0 Å². The molecule has 2 nitrogen and oxygen atoms in total. The molecule has 1 aromatic rings. The molecule has 2 N–H and O–H groups in total. The molecule has 19 heavy (non-hydrogen) atoms. The SMILES string of the molecule is CC(CO)CCCNC(c1ccccc1)C(F)(F)F. The molecule has 2 atom stereocenters. The van der Waals surface area contributed by atoms with Crippen LogP contribution in [0.2, 0.25) is 0 Å². The molecule has 0 aliphatic heterocycles. The third-order valence-corrected chi connectivity index (χ3v) is 2.99. The van der Waals surface area contributed by atoms with E-state index >= 15 is 0 Å². The molecule has 0 spiro atoms. The summed E-state index contributed by atoms with van der Waals surface area (Å²) in [5.74, 6) is 0.128. The number of aliphatic hydroxyl groups is 1. The average molecular weight is 275 g/mol. The van der Waals surface area contributed by atoms with Gasteiger partial charge in [-0.15, -0.1) is 0 Å². The Labute approximate surface area is 111 Å². The van der Waals surface area contributed by atoms with Gasteiger partial charge in [0, 0.05) is 6.61 Å². The highest BCUT2D eigenvalue weighted by molar-refractivity contribution is 5.20. The number of aliphatic hydroxyl groups excluding tert-OH is 1. The first-order valence-corrected chi connectivity index (χ1v) is 6.41. The summed E-state index contributed by atoms with van der Waals surface area (Å²) in [5.41, 5.74) is 0.227. The van der Waals surface area contributed by atoms with Gasteiger partial charge in [0.25, 0.3) is 0 Å². The van der Waals surface area contributed by atoms with Crippen LogP contribution in [0, 0.1) is 5.92 Å². The Morgan fingerprint density at radius 2 is 1.84 bits per heavy atom. The fourth-order valence-electron chi connectivity index (χ4n) is 1.86. The van der Waals surface area contributed by atoms with Crippen molar-refractivity contribution in [3.8, 4) is 0 Å². The zero-order valence-electron chi connectivity index (χ0n) is 11.0. The van der Waals surface area contributed by atoms with Gasteiger partial charge >= 0.3 is 6.18 Å². The molecule has 0 aliphatic rings. The third-order valence-electron chi connectivity index (χ3n) is 2.99. The van der Waals surface area contributed by atoms with Crippen molar-refractivity contribution >= 4 is 0 Å². The lowest BCUT2D eigenvalue weighted by Gasteiger charge is -2.22. The maximum Gasteiger partial charge on any atom is 0.407 e. The summed E-state index contributed by atoms with van der Waals surface area (Å²) in [7, 11) is 0. The lowest BCUT2D eigenvalue weighted by atomic mass is 10.0. The third kappa shape index (κ3) is 5.61. The summed E-state index contributed by atoms with van der Waals surface area (Å²) in [6.45, 7) is 2.23. The van der Waals surface area contributed by atoms with Crippen LogP contribution in [0.1, 0.15) is 31.4 Å². The van der Waals surface area contributed by atoms with Crippen molar-refractivity contribution in [2.75, 3.05) is 13.2 Å². The highest BCUT2D eigenvalue weighted by Crippen LogP contribution is 2.32. The van der Waals surface area contributed by atoms with E-state index in [-0.39, 0.29) is 24.6 Å². The van der Waals surface area contributed by atoms with Gasteiger partial charge in [-0.2, -0.15) is 13.2 Å². The molecule has 0 saturated heterocycles. The Hall–Kier alpha value is -1.07. The summed E-state index contributed by atoms with van der Waals surface area (Å²) >= 11 is 0. The normalized spacial score (nSPS) is 15.2. The average Bonchev–Trinajstić information content (AvgIpc) is 2.37. The minimum Gasteiger partial charge on any atom is -0.396 e. The minimum atomic E-state index is -4.30. The zero-order valence-corrected chi connectivity index (χ0v) is 11.0. The highest BCUT2D eigenvalue weighted by Gasteiger charge is 2.40. The molecule has 0 heterocycles. The quantitative estimate of drug-likeness (QED) is 0.748. The van der Waals surface area contributed by atoms with Crippen molar-refractivity contribution in [1.82, 2.24) is 5.32 Å². The van der Waals surface area contributed by atoms with Crippen LogP contribution >= 0.6 is 0 Å². The topological polar surface area (TPSA) is 32.3 Å². The molecule has 108 valence electrons. The first kappa shape index (κ1) is 16.0. The van der Waals surface area contributed by atoms with E-state index in [2.05, 4.69) is 5.32 Å². The van der Waals surface area contributed by atoms with Gasteiger partial charge in [0.15, 0.2) is 0 Å². The molecule has 0 bridgehead atoms. The second kappa shape index (κ2) is 7.50. The number of hydrogen-bond acceptors (Lipinski definition) is 2. The van der Waals surface area contributed by atoms with E-state index in [1.165, 1.54) is 12.1 Å². The Balaban J connectivity index is 2.53. The van der Waals surface area contributed by atoms with Gasteiger partial charge in [-0.3, -0.25) is 0 Å². The van der Waals surface area contributed by atoms with Crippen LogP contribution < -0.4 is 5.32 Å². The smallest absolute Gasteiger partial charge is 0.396 e. The van der Waals surface area contributed by atoms with E-state index in [0.717, 1.165) is 0 Å². The Bertz CT molecular complexity index is 353. The van der Waals surface area contributed by atoms with E-state index in [9.17, 15) is 13.2 Å². The number of nitrogens with one attached hydrogen (secondary N) is 1. The van der Waals surface area contributed by atoms with E-state index in [4.69, 9.17) is 5.11 Å². The van der Waals surface area contributed by atoms with Gasteiger partial charge in [0.1, 0.15) is 6.04 Å². The highest BCUT2D eigenvalue weighted by atomic mass is 19.4. The Morgan fingerprint density at radius 1 is 1.21 bits per heavy atom. The molecule has 0 aliphatic carbocycles. The van der Waals surface area contributed by atoms with E-state index in [1.807, 2.05) is 6.92 Å². The number of rotatable bonds is 7. The molecular weight excluding hydrogens is 255 g/mol. The van der Waals surface area contributed by atoms with Gasteiger partial charge in [-0.25, -0.2) is 0 Å². The van der Waals surface area contributed by atoms with Crippen molar-refractivity contribution in [3.05, 3.63) is 35.9 Å². The molecule has 0 fully saturated rings. The van der Waals surface area contributed by atoms with Gasteiger partial charge in [0.05, 0.1) is 0 Å². The molecule has 0 saturated carbocycles. The molecule has 0 amide bonds. The number of alkyl halides is 3. The van der Waals surface area contributed by atoms with E-state index in [1.54, 1.807) is 18.2 Å². The molecule has 5 heteroatoms. The summed E-state index contributed by atoms with van der Waals surface area (Å²) in [6.07, 6.45) is -2.98. The minimum absolute atomic E-state index is 0.0708. The zero-order chi connectivity index (χ0) is 14.3. The second-order valence-corrected chi connectivity index (χ2v) is 4.77. The maximum absolute atomic E-state index is 13.0. The van der Waals surface area contributed by atoms with Crippen LogP contribution in [0.15, 0.2) is 30.3 Å². The standard InChI is InChI=1S/C14H20F3NO/c1-11(10-19)6-5-9-18-13(14(15,16)17)12-7-3-2-4-8-12/h2-4,7-8,11,13,18-19H,5-6,9-10H2,1H3. The van der Waals surface area contributed by atoms with Crippen LogP contribution in [0.5, 0.6) is 0 Å². The lowest BCUT2D eigenvalue weighted by molar-refractivity contribution is -0.157. The van der Waals surface area contributed by atoms with Gasteiger partial charge < -0.3 is 10.4 Å². The van der Waals surface area contributed by atoms with E-state index in [0.29, 0.717) is 12.8 Å². The lowest BCUT2D eigenvalue weighted by Crippen LogP contribution is -2.34. The fraction of sp³-hybridized carbons (Fsp3) is 0.571. The molecule has 1 aromatic carbocycles. The summed E-state index contributed by atoms with van der Waals surface area (Å²) in [6, 6.07) is 6.22. The first-order valence-electron chi connectivity index (χ1n) is 6.41. The van der Waals surface area contributed by atoms with Crippen LogP contribution in [-0.4, -0.2) is 24.4 Å². The predicted octanol–water partition coefficient (Wildman–Crippen LogP) is 3.29. The second-order valence-electron chi connectivity index (χ2n) is 4.77. The van der Waals surface area contributed by atoms with Crippen molar-refractivity contribution in [3.63, 3.8) is 0 Å². The molecule has 0 radical (unpaired) electrons. The van der Waals surface area contributed by atoms with Crippen molar-refractivity contribution in [2.45, 2.75) is 32.0 Å². The fourth-order valence-corrected chi connectivity index (χ4v) is 1.86. The van der Waals surface area contributed by atoms with Crippen LogP contribution in [0.4, 0.5) is 13.2 Å². The van der Waals surface area contributed by atoms with Crippen molar-refractivity contribution in [1.29, 1.82) is 0 Å². The summed E-state index contributed by atoms with van der Waals surface area (Å²) in [5, 5.41) is 11.4. The first-order chi connectivity index (χ1) is 8.95. The summed E-state index contributed by atoms with van der Waals surface area (Å²) in [4.78, 5) is 0. The number of benzene rings is 1. The number of halogens is 3. The molecular formula is C14H20F3NO. The molecule has 0 aromatic heterocycles. The van der Waals surface area contributed by atoms with Crippen LogP contribution in [0.25, 0.3) is 0 Å². The van der Waals surface area contributed by atoms with Gasteiger partial charge in [-0.1, -0.05) is 37.3 Å². The summed E-state index contributed by atoms with van der Waals surface area (Å²) < 4.78 is 38.9. The maximum atomic E-state index is 13.0. The van der Waals surface area contributed by atoms with Crippen LogP contribution in [-0.2, 0) is 0 Å². The molecule has 2 unspecified atom stereocenters. The van der Waals surface area contributed by atoms with Crippen LogP contribution in [0.3, 0.4) is 0 Å². The van der Waals surface area contributed by atoms with Crippen molar-refractivity contribution in [2.24, 2.45) is 5.92 Å². The predicted molar refractivity (Wildman–Crippen MR) is 68.7 cm³/mol. The molecule has 1 rings (SSSR count). The monoisotopic (exact) mass is 275 g/mol.